The van der Waals surface area contributed by atoms with E-state index in [1.807, 2.05) is 19.1 Å². The number of nitrogens with one attached hydrogen (secondary N) is 1. The Morgan fingerprint density at radius 1 is 1.50 bits per heavy atom. The van der Waals surface area contributed by atoms with Gasteiger partial charge in [-0.1, -0.05) is 11.6 Å². The lowest BCUT2D eigenvalue weighted by Crippen LogP contribution is -1.98. The van der Waals surface area contributed by atoms with Crippen molar-refractivity contribution in [2.24, 2.45) is 0 Å². The summed E-state index contributed by atoms with van der Waals surface area (Å²) in [5.74, 6) is 0. The van der Waals surface area contributed by atoms with Gasteiger partial charge in [0.2, 0.25) is 0 Å². The van der Waals surface area contributed by atoms with Gasteiger partial charge in [-0.05, 0) is 19.1 Å². The van der Waals surface area contributed by atoms with Crippen LogP contribution in [0.2, 0.25) is 5.15 Å². The van der Waals surface area contributed by atoms with E-state index in [0.29, 0.717) is 5.15 Å². The molecule has 0 radical (unpaired) electrons. The van der Waals surface area contributed by atoms with Crippen molar-refractivity contribution in [3.8, 4) is 0 Å². The van der Waals surface area contributed by atoms with Crippen molar-refractivity contribution in [1.82, 2.24) is 9.97 Å². The Bertz CT molecular complexity index is 456. The van der Waals surface area contributed by atoms with Crippen LogP contribution in [0.15, 0.2) is 24.5 Å². The van der Waals surface area contributed by atoms with Crippen molar-refractivity contribution < 1.29 is 0 Å². The first-order valence-corrected chi connectivity index (χ1v) is 4.83. The molecule has 0 aliphatic carbocycles. The zero-order chi connectivity index (χ0) is 9.97. The Kier molecular flexibility index (Phi) is 2.50. The van der Waals surface area contributed by atoms with Crippen LogP contribution in [0.25, 0.3) is 10.9 Å². The van der Waals surface area contributed by atoms with Crippen LogP contribution in [0.3, 0.4) is 0 Å². The number of rotatable bonds is 2. The van der Waals surface area contributed by atoms with Gasteiger partial charge in [0.1, 0.15) is 5.15 Å². The second-order valence-corrected chi connectivity index (χ2v) is 3.30. The minimum absolute atomic E-state index is 0.500. The predicted molar refractivity (Wildman–Crippen MR) is 58.7 cm³/mol. The molecule has 0 aromatic carbocycles. The third-order valence-corrected chi connectivity index (χ3v) is 2.14. The normalized spacial score (nSPS) is 10.4. The fraction of sp³-hybridized carbons (Fsp3) is 0.200. The van der Waals surface area contributed by atoms with Gasteiger partial charge >= 0.3 is 0 Å². The van der Waals surface area contributed by atoms with Gasteiger partial charge < -0.3 is 5.32 Å². The number of aromatic nitrogens is 2. The highest BCUT2D eigenvalue weighted by Crippen LogP contribution is 2.23. The number of halogens is 1. The van der Waals surface area contributed by atoms with Crippen molar-refractivity contribution in [2.45, 2.75) is 6.92 Å². The van der Waals surface area contributed by atoms with Gasteiger partial charge in [0.25, 0.3) is 0 Å². The number of pyridine rings is 2. The van der Waals surface area contributed by atoms with E-state index in [0.717, 1.165) is 23.1 Å². The summed E-state index contributed by atoms with van der Waals surface area (Å²) in [5, 5.41) is 4.73. The van der Waals surface area contributed by atoms with Gasteiger partial charge in [0.15, 0.2) is 0 Å². The monoisotopic (exact) mass is 207 g/mol. The molecule has 0 spiro atoms. The van der Waals surface area contributed by atoms with Crippen molar-refractivity contribution >= 4 is 28.2 Å². The van der Waals surface area contributed by atoms with Crippen LogP contribution in [-0.2, 0) is 0 Å². The summed E-state index contributed by atoms with van der Waals surface area (Å²) in [4.78, 5) is 8.27. The van der Waals surface area contributed by atoms with Crippen molar-refractivity contribution in [1.29, 1.82) is 0 Å². The fourth-order valence-electron chi connectivity index (χ4n) is 1.37. The molecular formula is C10H10ClN3. The molecule has 0 fully saturated rings. The first kappa shape index (κ1) is 9.21. The lowest BCUT2D eigenvalue weighted by Gasteiger charge is -2.07. The van der Waals surface area contributed by atoms with E-state index < -0.39 is 0 Å². The number of hydrogen-bond donors (Lipinski definition) is 1. The smallest absolute Gasteiger partial charge is 0.131 e. The Balaban J connectivity index is 2.67. The van der Waals surface area contributed by atoms with Crippen LogP contribution < -0.4 is 5.32 Å². The van der Waals surface area contributed by atoms with Crippen molar-refractivity contribution in [3.05, 3.63) is 29.7 Å². The summed E-state index contributed by atoms with van der Waals surface area (Å²) < 4.78 is 0. The third-order valence-electron chi connectivity index (χ3n) is 1.95. The van der Waals surface area contributed by atoms with Gasteiger partial charge in [0.05, 0.1) is 5.52 Å². The van der Waals surface area contributed by atoms with Gasteiger partial charge in [0, 0.05) is 30.0 Å². The van der Waals surface area contributed by atoms with Crippen LogP contribution in [0.1, 0.15) is 6.92 Å². The summed E-state index contributed by atoms with van der Waals surface area (Å²) in [6.45, 7) is 2.89. The SMILES string of the molecule is CCNc1cc(Cl)nc2ccncc12. The van der Waals surface area contributed by atoms with E-state index in [2.05, 4.69) is 15.3 Å². The Hall–Kier alpha value is -1.35. The number of hydrogen-bond acceptors (Lipinski definition) is 3. The molecule has 0 atom stereocenters. The fourth-order valence-corrected chi connectivity index (χ4v) is 1.57. The summed E-state index contributed by atoms with van der Waals surface area (Å²) in [7, 11) is 0. The van der Waals surface area contributed by atoms with Gasteiger partial charge in [-0.2, -0.15) is 0 Å². The van der Waals surface area contributed by atoms with E-state index in [-0.39, 0.29) is 0 Å². The van der Waals surface area contributed by atoms with Crippen LogP contribution >= 0.6 is 11.6 Å². The van der Waals surface area contributed by atoms with Gasteiger partial charge in [-0.25, -0.2) is 4.98 Å². The lowest BCUT2D eigenvalue weighted by atomic mass is 10.2. The Labute approximate surface area is 87.1 Å². The van der Waals surface area contributed by atoms with Crippen LogP contribution in [0.4, 0.5) is 5.69 Å². The molecule has 14 heavy (non-hydrogen) atoms. The van der Waals surface area contributed by atoms with E-state index in [9.17, 15) is 0 Å². The van der Waals surface area contributed by atoms with Crippen LogP contribution in [-0.4, -0.2) is 16.5 Å². The molecule has 2 aromatic heterocycles. The van der Waals surface area contributed by atoms with E-state index in [4.69, 9.17) is 11.6 Å². The Morgan fingerprint density at radius 3 is 3.14 bits per heavy atom. The maximum absolute atomic E-state index is 5.89. The third kappa shape index (κ3) is 1.63. The van der Waals surface area contributed by atoms with E-state index in [1.165, 1.54) is 0 Å². The molecule has 0 unspecified atom stereocenters. The molecule has 2 aromatic rings. The largest absolute Gasteiger partial charge is 0.385 e. The molecular weight excluding hydrogens is 198 g/mol. The zero-order valence-electron chi connectivity index (χ0n) is 7.79. The summed E-state index contributed by atoms with van der Waals surface area (Å²) in [6.07, 6.45) is 3.50. The second kappa shape index (κ2) is 3.80. The standard InChI is InChI=1S/C10H10ClN3/c1-2-13-9-5-10(11)14-8-3-4-12-6-7(8)9/h3-6H,2H2,1H3,(H,13,14). The highest BCUT2D eigenvalue weighted by molar-refractivity contribution is 6.30. The maximum atomic E-state index is 5.89. The first-order chi connectivity index (χ1) is 6.81. The summed E-state index contributed by atoms with van der Waals surface area (Å²) in [5.41, 5.74) is 1.85. The average Bonchev–Trinajstić information content (AvgIpc) is 2.18. The molecule has 0 saturated heterocycles. The molecule has 2 rings (SSSR count). The molecule has 4 heteroatoms. The average molecular weight is 208 g/mol. The number of anilines is 1. The molecule has 0 aliphatic rings. The van der Waals surface area contributed by atoms with Gasteiger partial charge in [-0.15, -0.1) is 0 Å². The molecule has 2 heterocycles. The predicted octanol–water partition coefficient (Wildman–Crippen LogP) is 2.72. The molecule has 0 saturated carbocycles. The van der Waals surface area contributed by atoms with Crippen molar-refractivity contribution in [2.75, 3.05) is 11.9 Å². The first-order valence-electron chi connectivity index (χ1n) is 4.45. The second-order valence-electron chi connectivity index (χ2n) is 2.92. The maximum Gasteiger partial charge on any atom is 0.131 e. The molecule has 3 nitrogen and oxygen atoms in total. The molecule has 72 valence electrons. The topological polar surface area (TPSA) is 37.8 Å². The molecule has 0 bridgehead atoms. The summed E-state index contributed by atoms with van der Waals surface area (Å²) >= 11 is 5.89. The molecule has 1 N–H and O–H groups in total. The number of nitrogens with zero attached hydrogens (tertiary/aromatic N) is 2. The van der Waals surface area contributed by atoms with Crippen molar-refractivity contribution in [3.63, 3.8) is 0 Å². The van der Waals surface area contributed by atoms with Crippen LogP contribution in [0, 0.1) is 0 Å². The lowest BCUT2D eigenvalue weighted by molar-refractivity contribution is 1.21. The molecule has 0 amide bonds. The minimum atomic E-state index is 0.500. The van der Waals surface area contributed by atoms with Gasteiger partial charge in [-0.3, -0.25) is 4.98 Å². The quantitative estimate of drug-likeness (QED) is 0.770. The zero-order valence-corrected chi connectivity index (χ0v) is 8.54. The minimum Gasteiger partial charge on any atom is -0.385 e. The van der Waals surface area contributed by atoms with E-state index >= 15 is 0 Å². The summed E-state index contributed by atoms with van der Waals surface area (Å²) in [6, 6.07) is 3.66. The van der Waals surface area contributed by atoms with Crippen LogP contribution in [0.5, 0.6) is 0 Å². The highest BCUT2D eigenvalue weighted by atomic mass is 35.5. The Morgan fingerprint density at radius 2 is 2.36 bits per heavy atom. The molecule has 0 aliphatic heterocycles. The van der Waals surface area contributed by atoms with E-state index in [1.54, 1.807) is 12.4 Å². The highest BCUT2D eigenvalue weighted by Gasteiger charge is 2.02. The number of fused-ring (bicyclic) bond motifs is 1.